The maximum absolute atomic E-state index is 13.0. The molecule has 27 heavy (non-hydrogen) atoms. The number of carbonyl (C=O) groups is 1. The summed E-state index contributed by atoms with van der Waals surface area (Å²) in [5.74, 6) is 0.631. The van der Waals surface area contributed by atoms with Crippen LogP contribution in [0.1, 0.15) is 23.2 Å². The fourth-order valence-corrected chi connectivity index (χ4v) is 3.41. The quantitative estimate of drug-likeness (QED) is 0.707. The van der Waals surface area contributed by atoms with E-state index in [1.165, 1.54) is 12.1 Å². The van der Waals surface area contributed by atoms with E-state index in [1.54, 1.807) is 36.7 Å². The SMILES string of the molecule is O=C(c1ccc2nccnc2c1)N1CCC[C@H](COc2ccc(F)cc2)C1. The zero-order chi connectivity index (χ0) is 18.6. The molecule has 0 saturated carbocycles. The van der Waals surface area contributed by atoms with Crippen LogP contribution in [-0.4, -0.2) is 40.5 Å². The van der Waals surface area contributed by atoms with E-state index in [0.717, 1.165) is 30.4 Å². The van der Waals surface area contributed by atoms with Crippen LogP contribution in [-0.2, 0) is 0 Å². The van der Waals surface area contributed by atoms with Crippen molar-refractivity contribution >= 4 is 16.9 Å². The van der Waals surface area contributed by atoms with Crippen LogP contribution in [0, 0.1) is 11.7 Å². The lowest BCUT2D eigenvalue weighted by Crippen LogP contribution is -2.41. The van der Waals surface area contributed by atoms with Crippen molar-refractivity contribution in [3.05, 3.63) is 66.2 Å². The number of likely N-dealkylation sites (tertiary alicyclic amines) is 1. The zero-order valence-electron chi connectivity index (χ0n) is 14.8. The lowest BCUT2D eigenvalue weighted by Gasteiger charge is -2.32. The lowest BCUT2D eigenvalue weighted by atomic mass is 9.98. The van der Waals surface area contributed by atoms with Crippen LogP contribution in [0.2, 0.25) is 0 Å². The number of benzene rings is 2. The Morgan fingerprint density at radius 1 is 1.11 bits per heavy atom. The number of fused-ring (bicyclic) bond motifs is 1. The van der Waals surface area contributed by atoms with Gasteiger partial charge in [-0.2, -0.15) is 0 Å². The highest BCUT2D eigenvalue weighted by molar-refractivity contribution is 5.97. The first kappa shape index (κ1) is 17.4. The average molecular weight is 365 g/mol. The van der Waals surface area contributed by atoms with Crippen molar-refractivity contribution in [2.75, 3.05) is 19.7 Å². The lowest BCUT2D eigenvalue weighted by molar-refractivity contribution is 0.0633. The smallest absolute Gasteiger partial charge is 0.253 e. The van der Waals surface area contributed by atoms with Gasteiger partial charge in [0.1, 0.15) is 11.6 Å². The van der Waals surface area contributed by atoms with Crippen LogP contribution in [0.15, 0.2) is 54.9 Å². The van der Waals surface area contributed by atoms with Crippen LogP contribution in [0.4, 0.5) is 4.39 Å². The number of halogens is 1. The van der Waals surface area contributed by atoms with Gasteiger partial charge in [0.25, 0.3) is 5.91 Å². The summed E-state index contributed by atoms with van der Waals surface area (Å²) in [6.07, 6.45) is 5.21. The highest BCUT2D eigenvalue weighted by Crippen LogP contribution is 2.21. The molecule has 2 aromatic carbocycles. The Morgan fingerprint density at radius 2 is 1.89 bits per heavy atom. The van der Waals surface area contributed by atoms with Gasteiger partial charge in [-0.25, -0.2) is 4.39 Å². The van der Waals surface area contributed by atoms with Gasteiger partial charge in [-0.05, 0) is 55.3 Å². The highest BCUT2D eigenvalue weighted by atomic mass is 19.1. The van der Waals surface area contributed by atoms with E-state index in [2.05, 4.69) is 9.97 Å². The van der Waals surface area contributed by atoms with Gasteiger partial charge >= 0.3 is 0 Å². The third-order valence-electron chi connectivity index (χ3n) is 4.82. The molecule has 1 fully saturated rings. The van der Waals surface area contributed by atoms with Crippen molar-refractivity contribution in [2.24, 2.45) is 5.92 Å². The molecule has 0 spiro atoms. The summed E-state index contributed by atoms with van der Waals surface area (Å²) in [4.78, 5) is 23.3. The predicted octanol–water partition coefficient (Wildman–Crippen LogP) is 3.70. The van der Waals surface area contributed by atoms with E-state index in [-0.39, 0.29) is 17.6 Å². The van der Waals surface area contributed by atoms with Gasteiger partial charge in [-0.1, -0.05) is 0 Å². The number of piperidine rings is 1. The third kappa shape index (κ3) is 4.05. The van der Waals surface area contributed by atoms with E-state index < -0.39 is 0 Å². The zero-order valence-corrected chi connectivity index (χ0v) is 14.8. The van der Waals surface area contributed by atoms with E-state index in [0.29, 0.717) is 24.5 Å². The number of carbonyl (C=O) groups excluding carboxylic acids is 1. The molecular formula is C21H20FN3O2. The summed E-state index contributed by atoms with van der Waals surface area (Å²) in [6.45, 7) is 1.90. The molecule has 2 heterocycles. The number of hydrogen-bond donors (Lipinski definition) is 0. The first-order valence-electron chi connectivity index (χ1n) is 9.07. The summed E-state index contributed by atoms with van der Waals surface area (Å²) in [7, 11) is 0. The van der Waals surface area contributed by atoms with Crippen molar-refractivity contribution in [2.45, 2.75) is 12.8 Å². The predicted molar refractivity (Wildman–Crippen MR) is 100 cm³/mol. The number of rotatable bonds is 4. The summed E-state index contributed by atoms with van der Waals surface area (Å²) < 4.78 is 18.7. The number of amides is 1. The van der Waals surface area contributed by atoms with Crippen LogP contribution >= 0.6 is 0 Å². The fourth-order valence-electron chi connectivity index (χ4n) is 3.41. The molecule has 6 heteroatoms. The molecule has 0 radical (unpaired) electrons. The molecule has 1 atom stereocenters. The van der Waals surface area contributed by atoms with E-state index >= 15 is 0 Å². The molecule has 1 aromatic heterocycles. The molecule has 1 aliphatic heterocycles. The molecule has 1 aliphatic rings. The molecule has 1 saturated heterocycles. The third-order valence-corrected chi connectivity index (χ3v) is 4.82. The first-order valence-corrected chi connectivity index (χ1v) is 9.07. The summed E-state index contributed by atoms with van der Waals surface area (Å²) in [6, 6.07) is 11.4. The first-order chi connectivity index (χ1) is 13.2. The second-order valence-corrected chi connectivity index (χ2v) is 6.78. The van der Waals surface area contributed by atoms with Crippen molar-refractivity contribution < 1.29 is 13.9 Å². The Bertz CT molecular complexity index is 946. The molecular weight excluding hydrogens is 345 g/mol. The van der Waals surface area contributed by atoms with Crippen molar-refractivity contribution in [1.82, 2.24) is 14.9 Å². The molecule has 0 unspecified atom stereocenters. The monoisotopic (exact) mass is 365 g/mol. The topological polar surface area (TPSA) is 55.3 Å². The Labute approximate surface area is 156 Å². The summed E-state index contributed by atoms with van der Waals surface area (Å²) in [5.41, 5.74) is 2.12. The van der Waals surface area contributed by atoms with Gasteiger partial charge in [0.15, 0.2) is 0 Å². The molecule has 5 nitrogen and oxygen atoms in total. The standard InChI is InChI=1S/C21H20FN3O2/c22-17-4-6-18(7-5-17)27-14-15-2-1-11-25(13-15)21(26)16-3-8-19-20(12-16)24-10-9-23-19/h3-10,12,15H,1-2,11,13-14H2/t15-/m0/s1. The van der Waals surface area contributed by atoms with Gasteiger partial charge < -0.3 is 9.64 Å². The number of aromatic nitrogens is 2. The molecule has 1 amide bonds. The average Bonchev–Trinajstić information content (AvgIpc) is 2.72. The van der Waals surface area contributed by atoms with Crippen LogP contribution in [0.25, 0.3) is 11.0 Å². The Balaban J connectivity index is 1.40. The van der Waals surface area contributed by atoms with Crippen LogP contribution in [0.5, 0.6) is 5.75 Å². The molecule has 0 N–H and O–H groups in total. The second-order valence-electron chi connectivity index (χ2n) is 6.78. The number of hydrogen-bond acceptors (Lipinski definition) is 4. The number of ether oxygens (including phenoxy) is 1. The maximum Gasteiger partial charge on any atom is 0.253 e. The van der Waals surface area contributed by atoms with Gasteiger partial charge in [-0.15, -0.1) is 0 Å². The second kappa shape index (κ2) is 7.70. The highest BCUT2D eigenvalue weighted by Gasteiger charge is 2.25. The number of nitrogens with zero attached hydrogens (tertiary/aromatic N) is 3. The Hall–Kier alpha value is -3.02. The Morgan fingerprint density at radius 3 is 2.70 bits per heavy atom. The Kier molecular flexibility index (Phi) is 4.96. The van der Waals surface area contributed by atoms with Crippen molar-refractivity contribution in [3.63, 3.8) is 0 Å². The minimum atomic E-state index is -0.281. The minimum absolute atomic E-state index is 0.00837. The maximum atomic E-state index is 13.0. The van der Waals surface area contributed by atoms with Crippen molar-refractivity contribution in [1.29, 1.82) is 0 Å². The van der Waals surface area contributed by atoms with Crippen LogP contribution < -0.4 is 4.74 Å². The fraction of sp³-hybridized carbons (Fsp3) is 0.286. The van der Waals surface area contributed by atoms with Crippen LogP contribution in [0.3, 0.4) is 0 Å². The van der Waals surface area contributed by atoms with E-state index in [4.69, 9.17) is 4.74 Å². The molecule has 0 bridgehead atoms. The molecule has 4 rings (SSSR count). The van der Waals surface area contributed by atoms with Crippen molar-refractivity contribution in [3.8, 4) is 5.75 Å². The molecule has 3 aromatic rings. The minimum Gasteiger partial charge on any atom is -0.493 e. The van der Waals surface area contributed by atoms with Gasteiger partial charge in [0.05, 0.1) is 17.6 Å². The largest absolute Gasteiger partial charge is 0.493 e. The summed E-state index contributed by atoms with van der Waals surface area (Å²) in [5, 5.41) is 0. The van der Waals surface area contributed by atoms with Gasteiger partial charge in [-0.3, -0.25) is 14.8 Å². The van der Waals surface area contributed by atoms with E-state index in [9.17, 15) is 9.18 Å². The molecule has 138 valence electrons. The van der Waals surface area contributed by atoms with E-state index in [1.807, 2.05) is 11.0 Å². The normalized spacial score (nSPS) is 17.1. The van der Waals surface area contributed by atoms with Gasteiger partial charge in [0.2, 0.25) is 0 Å². The molecule has 0 aliphatic carbocycles. The van der Waals surface area contributed by atoms with Gasteiger partial charge in [0, 0.05) is 37.0 Å². The summed E-state index contributed by atoms with van der Waals surface area (Å²) >= 11 is 0.